The summed E-state index contributed by atoms with van der Waals surface area (Å²) in [6.45, 7) is 0.275. The van der Waals surface area contributed by atoms with E-state index in [1.54, 1.807) is 6.20 Å². The zero-order valence-corrected chi connectivity index (χ0v) is 11.1. The maximum Gasteiger partial charge on any atom is 0.140 e. The number of benzene rings is 1. The highest BCUT2D eigenvalue weighted by Crippen LogP contribution is 2.26. The van der Waals surface area contributed by atoms with E-state index in [1.165, 1.54) is 5.56 Å². The Morgan fingerprint density at radius 3 is 2.60 bits per heavy atom. The zero-order chi connectivity index (χ0) is 14.1. The predicted octanol–water partition coefficient (Wildman–Crippen LogP) is 0.437. The molecular formula is C15H18N2O3. The van der Waals surface area contributed by atoms with Crippen LogP contribution in [0.25, 0.3) is 0 Å². The van der Waals surface area contributed by atoms with Crippen LogP contribution in [0.2, 0.25) is 0 Å². The van der Waals surface area contributed by atoms with E-state index in [0.29, 0.717) is 5.82 Å². The van der Waals surface area contributed by atoms with Crippen molar-refractivity contribution in [3.05, 3.63) is 53.6 Å². The number of aryl methyl sites for hydroxylation is 2. The third-order valence-electron chi connectivity index (χ3n) is 3.83. The Kier molecular flexibility index (Phi) is 3.56. The molecule has 3 atom stereocenters. The largest absolute Gasteiger partial charge is 0.388 e. The first-order valence-corrected chi connectivity index (χ1v) is 6.79. The molecule has 3 N–H and O–H groups in total. The van der Waals surface area contributed by atoms with Crippen LogP contribution in [-0.4, -0.2) is 37.1 Å². The highest BCUT2D eigenvalue weighted by atomic mass is 16.4. The first kappa shape index (κ1) is 13.3. The Bertz CT molecular complexity index is 582. The molecule has 0 aliphatic carbocycles. The molecule has 0 unspecified atom stereocenters. The number of aliphatic hydroxyl groups excluding tert-OH is 3. The molecule has 3 rings (SSSR count). The van der Waals surface area contributed by atoms with Crippen molar-refractivity contribution in [2.24, 2.45) is 0 Å². The average molecular weight is 274 g/mol. The van der Waals surface area contributed by atoms with Crippen LogP contribution in [0.3, 0.4) is 0 Å². The van der Waals surface area contributed by atoms with E-state index in [-0.39, 0.29) is 6.54 Å². The molecule has 0 saturated carbocycles. The molecule has 1 aliphatic heterocycles. The quantitative estimate of drug-likeness (QED) is 0.759. The molecule has 2 aromatic rings. The van der Waals surface area contributed by atoms with Gasteiger partial charge >= 0.3 is 0 Å². The molecule has 0 bridgehead atoms. The number of imidazole rings is 1. The number of nitrogens with zero attached hydrogens (tertiary/aromatic N) is 2. The van der Waals surface area contributed by atoms with Crippen LogP contribution < -0.4 is 0 Å². The lowest BCUT2D eigenvalue weighted by Crippen LogP contribution is -2.42. The molecule has 0 radical (unpaired) electrons. The molecule has 1 aromatic carbocycles. The van der Waals surface area contributed by atoms with E-state index >= 15 is 0 Å². The topological polar surface area (TPSA) is 78.5 Å². The monoisotopic (exact) mass is 274 g/mol. The van der Waals surface area contributed by atoms with Gasteiger partial charge in [-0.3, -0.25) is 0 Å². The van der Waals surface area contributed by atoms with Crippen LogP contribution in [0.15, 0.2) is 36.5 Å². The smallest absolute Gasteiger partial charge is 0.140 e. The Labute approximate surface area is 117 Å². The average Bonchev–Trinajstić information content (AvgIpc) is 2.87. The summed E-state index contributed by atoms with van der Waals surface area (Å²) in [4.78, 5) is 4.18. The van der Waals surface area contributed by atoms with E-state index in [0.717, 1.165) is 18.5 Å². The van der Waals surface area contributed by atoms with E-state index in [1.807, 2.05) is 22.8 Å². The molecule has 0 fully saturated rings. The van der Waals surface area contributed by atoms with Gasteiger partial charge in [-0.2, -0.15) is 0 Å². The Morgan fingerprint density at radius 1 is 1.10 bits per heavy atom. The molecule has 0 amide bonds. The fourth-order valence-electron chi connectivity index (χ4n) is 2.65. The molecule has 5 nitrogen and oxygen atoms in total. The van der Waals surface area contributed by atoms with E-state index in [9.17, 15) is 15.3 Å². The van der Waals surface area contributed by atoms with Gasteiger partial charge in [0, 0.05) is 11.9 Å². The summed E-state index contributed by atoms with van der Waals surface area (Å²) in [5.41, 5.74) is 2.20. The molecule has 20 heavy (non-hydrogen) atoms. The molecule has 106 valence electrons. The molecular weight excluding hydrogens is 256 g/mol. The van der Waals surface area contributed by atoms with Gasteiger partial charge in [0.25, 0.3) is 0 Å². The zero-order valence-electron chi connectivity index (χ0n) is 11.1. The van der Waals surface area contributed by atoms with Crippen LogP contribution >= 0.6 is 0 Å². The summed E-state index contributed by atoms with van der Waals surface area (Å²) in [5, 5.41) is 29.3. The van der Waals surface area contributed by atoms with Crippen molar-refractivity contribution in [1.29, 1.82) is 0 Å². The molecule has 1 aromatic heterocycles. The number of fused-ring (bicyclic) bond motifs is 1. The van der Waals surface area contributed by atoms with Gasteiger partial charge in [0.2, 0.25) is 0 Å². The SMILES string of the molecule is O[C@H]1[C@@H](O)Cn2c(CCc3ccccc3)cnc2[C@@H]1O. The Balaban J connectivity index is 1.78. The fourth-order valence-corrected chi connectivity index (χ4v) is 2.65. The van der Waals surface area contributed by atoms with Crippen LogP contribution in [0.5, 0.6) is 0 Å². The minimum atomic E-state index is -1.16. The summed E-state index contributed by atoms with van der Waals surface area (Å²) in [6.07, 6.45) is 0.137. The molecule has 0 spiro atoms. The highest BCUT2D eigenvalue weighted by Gasteiger charge is 2.35. The number of hydrogen-bond acceptors (Lipinski definition) is 4. The lowest BCUT2D eigenvalue weighted by molar-refractivity contribution is -0.0858. The van der Waals surface area contributed by atoms with Gasteiger partial charge in [-0.25, -0.2) is 4.98 Å². The van der Waals surface area contributed by atoms with Gasteiger partial charge in [0.15, 0.2) is 0 Å². The molecule has 0 saturated heterocycles. The van der Waals surface area contributed by atoms with E-state index in [4.69, 9.17) is 0 Å². The normalized spacial score (nSPS) is 25.4. The second-order valence-electron chi connectivity index (χ2n) is 5.21. The molecule has 5 heteroatoms. The Hall–Kier alpha value is -1.69. The molecule has 2 heterocycles. The van der Waals surface area contributed by atoms with Crippen molar-refractivity contribution < 1.29 is 15.3 Å². The third-order valence-corrected chi connectivity index (χ3v) is 3.83. The summed E-state index contributed by atoms with van der Waals surface area (Å²) in [5.74, 6) is 0.436. The van der Waals surface area contributed by atoms with Crippen LogP contribution in [0, 0.1) is 0 Å². The number of aliphatic hydroxyl groups is 3. The minimum absolute atomic E-state index is 0.275. The van der Waals surface area contributed by atoms with Gasteiger partial charge in [-0.05, 0) is 18.4 Å². The van der Waals surface area contributed by atoms with Crippen LogP contribution in [-0.2, 0) is 19.4 Å². The fraction of sp³-hybridized carbons (Fsp3) is 0.400. The minimum Gasteiger partial charge on any atom is -0.388 e. The van der Waals surface area contributed by atoms with Gasteiger partial charge in [-0.15, -0.1) is 0 Å². The van der Waals surface area contributed by atoms with E-state index < -0.39 is 18.3 Å². The molecule has 1 aliphatic rings. The third kappa shape index (κ3) is 2.35. The van der Waals surface area contributed by atoms with Gasteiger partial charge < -0.3 is 19.9 Å². The summed E-state index contributed by atoms with van der Waals surface area (Å²) in [7, 11) is 0. The van der Waals surface area contributed by atoms with Gasteiger partial charge in [0.05, 0.1) is 6.54 Å². The lowest BCUT2D eigenvalue weighted by atomic mass is 10.0. The standard InChI is InChI=1S/C15H18N2O3/c18-12-9-17-11(7-6-10-4-2-1-3-5-10)8-16-15(17)14(20)13(12)19/h1-5,8,12-14,18-20H,6-7,9H2/t12-,13-,14+/m0/s1. The second kappa shape index (κ2) is 5.36. The number of hydrogen-bond donors (Lipinski definition) is 3. The van der Waals surface area contributed by atoms with Crippen molar-refractivity contribution in [2.75, 3.05) is 0 Å². The predicted molar refractivity (Wildman–Crippen MR) is 73.1 cm³/mol. The van der Waals surface area contributed by atoms with Crippen molar-refractivity contribution in [2.45, 2.75) is 37.7 Å². The first-order chi connectivity index (χ1) is 9.66. The number of rotatable bonds is 3. The maximum absolute atomic E-state index is 9.91. The summed E-state index contributed by atoms with van der Waals surface area (Å²) < 4.78 is 1.81. The van der Waals surface area contributed by atoms with Crippen molar-refractivity contribution in [3.63, 3.8) is 0 Å². The summed E-state index contributed by atoms with van der Waals surface area (Å²) >= 11 is 0. The van der Waals surface area contributed by atoms with Crippen molar-refractivity contribution >= 4 is 0 Å². The lowest BCUT2D eigenvalue weighted by Gasteiger charge is -2.30. The van der Waals surface area contributed by atoms with Crippen molar-refractivity contribution in [3.8, 4) is 0 Å². The van der Waals surface area contributed by atoms with Crippen LogP contribution in [0.1, 0.15) is 23.2 Å². The van der Waals surface area contributed by atoms with Crippen LogP contribution in [0.4, 0.5) is 0 Å². The first-order valence-electron chi connectivity index (χ1n) is 6.79. The summed E-state index contributed by atoms with van der Waals surface area (Å²) in [6, 6.07) is 10.1. The van der Waals surface area contributed by atoms with Gasteiger partial charge in [-0.1, -0.05) is 30.3 Å². The second-order valence-corrected chi connectivity index (χ2v) is 5.21. The number of aromatic nitrogens is 2. The van der Waals surface area contributed by atoms with Gasteiger partial charge in [0.1, 0.15) is 24.1 Å². The van der Waals surface area contributed by atoms with E-state index in [2.05, 4.69) is 17.1 Å². The van der Waals surface area contributed by atoms with Crippen molar-refractivity contribution in [1.82, 2.24) is 9.55 Å². The highest BCUT2D eigenvalue weighted by molar-refractivity contribution is 5.18. The Morgan fingerprint density at radius 2 is 1.85 bits per heavy atom. The maximum atomic E-state index is 9.91.